The van der Waals surface area contributed by atoms with Crippen LogP contribution < -0.4 is 9.64 Å². The summed E-state index contributed by atoms with van der Waals surface area (Å²) in [4.78, 5) is 0.823. The van der Waals surface area contributed by atoms with E-state index in [4.69, 9.17) is 16.3 Å². The molecule has 0 radical (unpaired) electrons. The fourth-order valence-electron chi connectivity index (χ4n) is 2.57. The second-order valence-corrected chi connectivity index (χ2v) is 7.66. The predicted molar refractivity (Wildman–Crippen MR) is 92.2 cm³/mol. The van der Waals surface area contributed by atoms with Crippen molar-refractivity contribution < 1.29 is 17.5 Å². The lowest BCUT2D eigenvalue weighted by atomic mass is 10.1. The highest BCUT2D eigenvalue weighted by Crippen LogP contribution is 2.44. The molecule has 8 heteroatoms. The summed E-state index contributed by atoms with van der Waals surface area (Å²) in [6, 6.07) is 8.23. The SMILES string of the molecule is COc1cc(Cl)c(C)cc1N1C=C(C#N)S(=O)(=O)c2ccc(F)cc21. The fraction of sp³-hybridized carbons (Fsp3) is 0.118. The van der Waals surface area contributed by atoms with Crippen LogP contribution in [0.4, 0.5) is 15.8 Å². The van der Waals surface area contributed by atoms with Crippen LogP contribution >= 0.6 is 11.6 Å². The van der Waals surface area contributed by atoms with Crippen LogP contribution in [0.1, 0.15) is 5.56 Å². The first-order valence-electron chi connectivity index (χ1n) is 7.09. The molecule has 5 nitrogen and oxygen atoms in total. The number of sulfone groups is 1. The lowest BCUT2D eigenvalue weighted by molar-refractivity contribution is 0.416. The molecule has 0 bridgehead atoms. The van der Waals surface area contributed by atoms with Gasteiger partial charge in [0.15, 0.2) is 4.91 Å². The molecule has 25 heavy (non-hydrogen) atoms. The summed E-state index contributed by atoms with van der Waals surface area (Å²) < 4.78 is 44.1. The third-order valence-electron chi connectivity index (χ3n) is 3.84. The number of fused-ring (bicyclic) bond motifs is 1. The maximum atomic E-state index is 13.8. The van der Waals surface area contributed by atoms with E-state index in [0.29, 0.717) is 16.5 Å². The maximum Gasteiger partial charge on any atom is 0.220 e. The minimum absolute atomic E-state index is 0.0963. The summed E-state index contributed by atoms with van der Waals surface area (Å²) in [6.45, 7) is 1.77. The van der Waals surface area contributed by atoms with E-state index in [1.807, 2.05) is 0 Å². The first kappa shape index (κ1) is 17.3. The van der Waals surface area contributed by atoms with Crippen molar-refractivity contribution >= 4 is 32.8 Å². The molecule has 0 spiro atoms. The van der Waals surface area contributed by atoms with Gasteiger partial charge in [0.05, 0.1) is 23.4 Å². The highest BCUT2D eigenvalue weighted by molar-refractivity contribution is 7.95. The van der Waals surface area contributed by atoms with E-state index >= 15 is 0 Å². The molecule has 0 saturated heterocycles. The van der Waals surface area contributed by atoms with Crippen molar-refractivity contribution in [3.63, 3.8) is 0 Å². The van der Waals surface area contributed by atoms with Crippen molar-refractivity contribution in [3.8, 4) is 11.8 Å². The minimum Gasteiger partial charge on any atom is -0.495 e. The van der Waals surface area contributed by atoms with Gasteiger partial charge in [0, 0.05) is 17.3 Å². The number of hydrogen-bond donors (Lipinski definition) is 0. The number of allylic oxidation sites excluding steroid dienone is 1. The maximum absolute atomic E-state index is 13.8. The van der Waals surface area contributed by atoms with Crippen LogP contribution in [0, 0.1) is 24.1 Å². The summed E-state index contributed by atoms with van der Waals surface area (Å²) in [7, 11) is -2.57. The average molecular weight is 379 g/mol. The zero-order valence-electron chi connectivity index (χ0n) is 13.2. The van der Waals surface area contributed by atoms with Crippen LogP contribution in [0.5, 0.6) is 5.75 Å². The Morgan fingerprint density at radius 3 is 2.60 bits per heavy atom. The van der Waals surface area contributed by atoms with Gasteiger partial charge in [-0.3, -0.25) is 0 Å². The van der Waals surface area contributed by atoms with Crippen molar-refractivity contribution in [1.29, 1.82) is 5.26 Å². The molecule has 0 saturated carbocycles. The van der Waals surface area contributed by atoms with Crippen molar-refractivity contribution in [3.05, 3.63) is 57.8 Å². The molecule has 0 unspecified atom stereocenters. The van der Waals surface area contributed by atoms with Crippen LogP contribution in [-0.2, 0) is 9.84 Å². The monoisotopic (exact) mass is 378 g/mol. The molecule has 1 aliphatic heterocycles. The van der Waals surface area contributed by atoms with Crippen LogP contribution in [0.3, 0.4) is 0 Å². The van der Waals surface area contributed by atoms with Gasteiger partial charge in [0.25, 0.3) is 0 Å². The Morgan fingerprint density at radius 1 is 1.24 bits per heavy atom. The minimum atomic E-state index is -4.00. The van der Waals surface area contributed by atoms with Crippen LogP contribution in [0.15, 0.2) is 46.3 Å². The second kappa shape index (κ2) is 6.06. The lowest BCUT2D eigenvalue weighted by Crippen LogP contribution is -2.22. The van der Waals surface area contributed by atoms with Gasteiger partial charge in [-0.25, -0.2) is 12.8 Å². The van der Waals surface area contributed by atoms with E-state index < -0.39 is 20.6 Å². The number of anilines is 2. The number of rotatable bonds is 2. The van der Waals surface area contributed by atoms with Crippen LogP contribution in [-0.4, -0.2) is 15.5 Å². The molecule has 3 rings (SSSR count). The summed E-state index contributed by atoms with van der Waals surface area (Å²) in [6.07, 6.45) is 1.16. The quantitative estimate of drug-likeness (QED) is 0.736. The summed E-state index contributed by atoms with van der Waals surface area (Å²) >= 11 is 6.11. The Bertz CT molecular complexity index is 1060. The zero-order chi connectivity index (χ0) is 18.4. The Balaban J connectivity index is 2.36. The molecular weight excluding hydrogens is 367 g/mol. The molecule has 1 heterocycles. The van der Waals surface area contributed by atoms with E-state index in [1.54, 1.807) is 25.1 Å². The predicted octanol–water partition coefficient (Wildman–Crippen LogP) is 4.09. The lowest BCUT2D eigenvalue weighted by Gasteiger charge is -2.29. The third kappa shape index (κ3) is 2.73. The van der Waals surface area contributed by atoms with Crippen molar-refractivity contribution in [2.45, 2.75) is 11.8 Å². The van der Waals surface area contributed by atoms with Crippen LogP contribution in [0.2, 0.25) is 5.02 Å². The molecular formula is C17H12ClFN2O3S. The van der Waals surface area contributed by atoms with Crippen LogP contribution in [0.25, 0.3) is 0 Å². The standard InChI is InChI=1S/C17H12ClFN2O3S/c1-10-5-14(16(24-2)7-13(10)18)21-9-12(8-20)25(22,23)17-4-3-11(19)6-15(17)21/h3-7,9H,1-2H3. The highest BCUT2D eigenvalue weighted by Gasteiger charge is 2.33. The number of methoxy groups -OCH3 is 1. The first-order valence-corrected chi connectivity index (χ1v) is 8.95. The fourth-order valence-corrected chi connectivity index (χ4v) is 4.00. The van der Waals surface area contributed by atoms with Gasteiger partial charge >= 0.3 is 0 Å². The number of hydrogen-bond acceptors (Lipinski definition) is 5. The normalized spacial score (nSPS) is 15.2. The number of benzene rings is 2. The molecule has 0 N–H and O–H groups in total. The molecule has 128 valence electrons. The molecule has 2 aromatic carbocycles. The molecule has 1 aliphatic rings. The third-order valence-corrected chi connectivity index (χ3v) is 5.94. The zero-order valence-corrected chi connectivity index (χ0v) is 14.8. The van der Waals surface area contributed by atoms with E-state index in [9.17, 15) is 18.1 Å². The van der Waals surface area contributed by atoms with Gasteiger partial charge < -0.3 is 9.64 Å². The molecule has 0 atom stereocenters. The summed E-state index contributed by atoms with van der Waals surface area (Å²) in [5, 5.41) is 9.71. The summed E-state index contributed by atoms with van der Waals surface area (Å²) in [5.74, 6) is -0.240. The van der Waals surface area contributed by atoms with E-state index in [-0.39, 0.29) is 10.6 Å². The number of ether oxygens (including phenoxy) is 1. The second-order valence-electron chi connectivity index (χ2n) is 5.36. The van der Waals surface area contributed by atoms with Crippen molar-refractivity contribution in [2.24, 2.45) is 0 Å². The molecule has 2 aromatic rings. The van der Waals surface area contributed by atoms with E-state index in [1.165, 1.54) is 12.0 Å². The Morgan fingerprint density at radius 2 is 1.96 bits per heavy atom. The van der Waals surface area contributed by atoms with Gasteiger partial charge in [-0.15, -0.1) is 0 Å². The number of aryl methyl sites for hydroxylation is 1. The topological polar surface area (TPSA) is 70.4 Å². The Labute approximate surface area is 149 Å². The van der Waals surface area contributed by atoms with Gasteiger partial charge in [-0.1, -0.05) is 11.6 Å². The van der Waals surface area contributed by atoms with E-state index in [2.05, 4.69) is 0 Å². The number of nitriles is 1. The Kier molecular flexibility index (Phi) is 4.19. The van der Waals surface area contributed by atoms with Crippen molar-refractivity contribution in [2.75, 3.05) is 12.0 Å². The summed E-state index contributed by atoms with van der Waals surface area (Å²) in [5.41, 5.74) is 1.26. The van der Waals surface area contributed by atoms with E-state index in [0.717, 1.165) is 30.0 Å². The largest absolute Gasteiger partial charge is 0.495 e. The van der Waals surface area contributed by atoms with Gasteiger partial charge in [-0.2, -0.15) is 5.26 Å². The number of nitrogens with zero attached hydrogens (tertiary/aromatic N) is 2. The van der Waals surface area contributed by atoms with Gasteiger partial charge in [0.1, 0.15) is 17.6 Å². The molecule has 0 aromatic heterocycles. The smallest absolute Gasteiger partial charge is 0.220 e. The molecule has 0 fully saturated rings. The first-order chi connectivity index (χ1) is 11.8. The molecule has 0 amide bonds. The Hall–Kier alpha value is -2.56. The number of halogens is 2. The average Bonchev–Trinajstić information content (AvgIpc) is 2.57. The van der Waals surface area contributed by atoms with Gasteiger partial charge in [0.2, 0.25) is 9.84 Å². The van der Waals surface area contributed by atoms with Gasteiger partial charge in [-0.05, 0) is 36.8 Å². The molecule has 0 aliphatic carbocycles. The highest BCUT2D eigenvalue weighted by atomic mass is 35.5. The van der Waals surface area contributed by atoms with Crippen molar-refractivity contribution in [1.82, 2.24) is 0 Å².